The van der Waals surface area contributed by atoms with Crippen LogP contribution in [0.4, 0.5) is 5.69 Å². The summed E-state index contributed by atoms with van der Waals surface area (Å²) < 4.78 is 6.30. The molecule has 3 aromatic rings. The maximum atomic E-state index is 12.5. The van der Waals surface area contributed by atoms with Gasteiger partial charge in [-0.2, -0.15) is 0 Å². The van der Waals surface area contributed by atoms with E-state index in [9.17, 15) is 9.59 Å². The van der Waals surface area contributed by atoms with Gasteiger partial charge < -0.3 is 10.1 Å². The number of aromatic nitrogens is 2. The van der Waals surface area contributed by atoms with E-state index in [-0.39, 0.29) is 16.4 Å². The SMILES string of the molecule is COC(=O)c1ccccc1NC(=O)c1c(Cl)nc2sccn12. The number of ether oxygens (including phenoxy) is 1. The van der Waals surface area contributed by atoms with Crippen LogP contribution in [-0.2, 0) is 4.74 Å². The van der Waals surface area contributed by atoms with Crippen molar-refractivity contribution in [2.75, 3.05) is 12.4 Å². The molecule has 2 heterocycles. The zero-order chi connectivity index (χ0) is 15.7. The van der Waals surface area contributed by atoms with Crippen LogP contribution in [0.5, 0.6) is 0 Å². The van der Waals surface area contributed by atoms with Gasteiger partial charge in [0.25, 0.3) is 5.91 Å². The molecular weight excluding hydrogens is 326 g/mol. The van der Waals surface area contributed by atoms with Crippen molar-refractivity contribution in [1.82, 2.24) is 9.38 Å². The highest BCUT2D eigenvalue weighted by molar-refractivity contribution is 7.15. The fourth-order valence-corrected chi connectivity index (χ4v) is 3.05. The Hall–Kier alpha value is -2.38. The lowest BCUT2D eigenvalue weighted by Crippen LogP contribution is -2.17. The Morgan fingerprint density at radius 3 is 2.91 bits per heavy atom. The molecule has 0 radical (unpaired) electrons. The number of para-hydroxylation sites is 1. The predicted molar refractivity (Wildman–Crippen MR) is 83.8 cm³/mol. The van der Waals surface area contributed by atoms with Crippen molar-refractivity contribution < 1.29 is 14.3 Å². The number of halogens is 1. The number of amides is 1. The molecule has 112 valence electrons. The highest BCUT2D eigenvalue weighted by atomic mass is 35.5. The van der Waals surface area contributed by atoms with Crippen LogP contribution in [0.2, 0.25) is 5.15 Å². The molecule has 0 spiro atoms. The summed E-state index contributed by atoms with van der Waals surface area (Å²) in [7, 11) is 1.28. The molecule has 0 bridgehead atoms. The largest absolute Gasteiger partial charge is 0.465 e. The van der Waals surface area contributed by atoms with Crippen LogP contribution in [0.1, 0.15) is 20.8 Å². The van der Waals surface area contributed by atoms with Gasteiger partial charge in [-0.05, 0) is 12.1 Å². The molecule has 0 saturated carbocycles. The summed E-state index contributed by atoms with van der Waals surface area (Å²) in [6.45, 7) is 0. The number of nitrogens with one attached hydrogen (secondary N) is 1. The number of carbonyl (C=O) groups excluding carboxylic acids is 2. The van der Waals surface area contributed by atoms with Crippen molar-refractivity contribution in [2.45, 2.75) is 0 Å². The summed E-state index contributed by atoms with van der Waals surface area (Å²) in [4.78, 5) is 28.9. The van der Waals surface area contributed by atoms with E-state index in [4.69, 9.17) is 16.3 Å². The lowest BCUT2D eigenvalue weighted by Gasteiger charge is -2.09. The van der Waals surface area contributed by atoms with Crippen LogP contribution in [0.15, 0.2) is 35.8 Å². The van der Waals surface area contributed by atoms with Gasteiger partial charge in [-0.1, -0.05) is 23.7 Å². The Labute approximate surface area is 134 Å². The number of rotatable bonds is 3. The van der Waals surface area contributed by atoms with Crippen LogP contribution in [0, 0.1) is 0 Å². The monoisotopic (exact) mass is 335 g/mol. The zero-order valence-electron chi connectivity index (χ0n) is 11.4. The van der Waals surface area contributed by atoms with Gasteiger partial charge in [-0.3, -0.25) is 9.20 Å². The number of nitrogens with zero attached hydrogens (tertiary/aromatic N) is 2. The molecule has 6 nitrogen and oxygen atoms in total. The van der Waals surface area contributed by atoms with E-state index in [1.54, 1.807) is 40.2 Å². The summed E-state index contributed by atoms with van der Waals surface area (Å²) in [5.41, 5.74) is 0.832. The van der Waals surface area contributed by atoms with Crippen LogP contribution in [0.3, 0.4) is 0 Å². The highest BCUT2D eigenvalue weighted by Gasteiger charge is 2.21. The van der Waals surface area contributed by atoms with Gasteiger partial charge in [0.05, 0.1) is 18.4 Å². The number of imidazole rings is 1. The molecular formula is C14H10ClN3O3S. The number of carbonyl (C=O) groups is 2. The first-order valence-corrected chi connectivity index (χ1v) is 7.47. The third-order valence-electron chi connectivity index (χ3n) is 3.02. The van der Waals surface area contributed by atoms with Gasteiger partial charge in [-0.25, -0.2) is 9.78 Å². The fraction of sp³-hybridized carbons (Fsp3) is 0.0714. The number of thiazole rings is 1. The Balaban J connectivity index is 1.97. The van der Waals surface area contributed by atoms with E-state index in [1.165, 1.54) is 18.4 Å². The van der Waals surface area contributed by atoms with Gasteiger partial charge in [-0.15, -0.1) is 11.3 Å². The van der Waals surface area contributed by atoms with E-state index in [0.717, 1.165) is 0 Å². The van der Waals surface area contributed by atoms with Gasteiger partial charge in [0.15, 0.2) is 15.8 Å². The molecule has 1 N–H and O–H groups in total. The standard InChI is InChI=1S/C14H10ClN3O3S/c1-21-13(20)8-4-2-3-5-9(8)16-12(19)10-11(15)17-14-18(10)6-7-22-14/h2-7H,1H3,(H,16,19). The van der Waals surface area contributed by atoms with E-state index < -0.39 is 11.9 Å². The molecule has 0 unspecified atom stereocenters. The third kappa shape index (κ3) is 2.44. The Morgan fingerprint density at radius 1 is 1.36 bits per heavy atom. The predicted octanol–water partition coefficient (Wildman–Crippen LogP) is 3.09. The summed E-state index contributed by atoms with van der Waals surface area (Å²) >= 11 is 7.39. The van der Waals surface area contributed by atoms with Crippen molar-refractivity contribution in [3.63, 3.8) is 0 Å². The second-order valence-corrected chi connectivity index (χ2v) is 5.53. The summed E-state index contributed by atoms with van der Waals surface area (Å²) in [5, 5.41) is 4.58. The quantitative estimate of drug-likeness (QED) is 0.746. The van der Waals surface area contributed by atoms with Crippen molar-refractivity contribution >= 4 is 45.5 Å². The summed E-state index contributed by atoms with van der Waals surface area (Å²) in [6, 6.07) is 6.58. The first-order valence-electron chi connectivity index (χ1n) is 6.21. The minimum Gasteiger partial charge on any atom is -0.465 e. The van der Waals surface area contributed by atoms with Gasteiger partial charge in [0.2, 0.25) is 0 Å². The van der Waals surface area contributed by atoms with E-state index in [2.05, 4.69) is 10.3 Å². The zero-order valence-corrected chi connectivity index (χ0v) is 12.9. The second-order valence-electron chi connectivity index (χ2n) is 4.30. The van der Waals surface area contributed by atoms with Crippen LogP contribution < -0.4 is 5.32 Å². The molecule has 8 heteroatoms. The molecule has 0 aliphatic carbocycles. The van der Waals surface area contributed by atoms with Crippen LogP contribution in [0.25, 0.3) is 4.96 Å². The maximum absolute atomic E-state index is 12.5. The number of anilines is 1. The van der Waals surface area contributed by atoms with Crippen molar-refractivity contribution in [1.29, 1.82) is 0 Å². The number of hydrogen-bond acceptors (Lipinski definition) is 5. The number of esters is 1. The number of hydrogen-bond donors (Lipinski definition) is 1. The van der Waals surface area contributed by atoms with Crippen molar-refractivity contribution in [3.05, 3.63) is 52.3 Å². The minimum absolute atomic E-state index is 0.111. The second kappa shape index (κ2) is 5.78. The van der Waals surface area contributed by atoms with Gasteiger partial charge >= 0.3 is 5.97 Å². The lowest BCUT2D eigenvalue weighted by atomic mass is 10.1. The van der Waals surface area contributed by atoms with E-state index >= 15 is 0 Å². The summed E-state index contributed by atoms with van der Waals surface area (Å²) in [6.07, 6.45) is 1.71. The Bertz CT molecular complexity index is 871. The molecule has 0 aliphatic heterocycles. The van der Waals surface area contributed by atoms with Crippen molar-refractivity contribution in [2.24, 2.45) is 0 Å². The average Bonchev–Trinajstić information content (AvgIpc) is 3.06. The van der Waals surface area contributed by atoms with Gasteiger partial charge in [0, 0.05) is 11.6 Å². The van der Waals surface area contributed by atoms with Gasteiger partial charge in [0.1, 0.15) is 0 Å². The normalized spacial score (nSPS) is 10.6. The smallest absolute Gasteiger partial charge is 0.339 e. The van der Waals surface area contributed by atoms with Crippen LogP contribution >= 0.6 is 22.9 Å². The fourth-order valence-electron chi connectivity index (χ4n) is 2.02. The maximum Gasteiger partial charge on any atom is 0.339 e. The first-order chi connectivity index (χ1) is 10.6. The molecule has 0 saturated heterocycles. The van der Waals surface area contributed by atoms with Crippen molar-refractivity contribution in [3.8, 4) is 0 Å². The van der Waals surface area contributed by atoms with E-state index in [0.29, 0.717) is 10.6 Å². The summed E-state index contributed by atoms with van der Waals surface area (Å²) in [5.74, 6) is -0.983. The molecule has 3 rings (SSSR count). The number of benzene rings is 1. The topological polar surface area (TPSA) is 72.7 Å². The molecule has 0 aliphatic rings. The number of fused-ring (bicyclic) bond motifs is 1. The Kier molecular flexibility index (Phi) is 3.82. The molecule has 1 amide bonds. The van der Waals surface area contributed by atoms with Crippen LogP contribution in [-0.4, -0.2) is 28.4 Å². The molecule has 0 atom stereocenters. The molecule has 0 fully saturated rings. The lowest BCUT2D eigenvalue weighted by molar-refractivity contribution is 0.0602. The minimum atomic E-state index is -0.532. The third-order valence-corrected chi connectivity index (χ3v) is 4.04. The molecule has 22 heavy (non-hydrogen) atoms. The highest BCUT2D eigenvalue weighted by Crippen LogP contribution is 2.23. The first kappa shape index (κ1) is 14.6. The average molecular weight is 336 g/mol. The number of methoxy groups -OCH3 is 1. The van der Waals surface area contributed by atoms with E-state index in [1.807, 2.05) is 0 Å². The molecule has 1 aromatic carbocycles. The Morgan fingerprint density at radius 2 is 2.14 bits per heavy atom. The molecule has 2 aromatic heterocycles.